The maximum Gasteiger partial charge on any atom is 0.471 e. The lowest BCUT2D eigenvalue weighted by Crippen LogP contribution is -2.77. The van der Waals surface area contributed by atoms with Crippen molar-refractivity contribution in [2.75, 3.05) is 0 Å². The van der Waals surface area contributed by atoms with Crippen LogP contribution in [0.15, 0.2) is 0 Å². The smallest absolute Gasteiger partial charge is 0.354 e. The molecule has 0 fully saturated rings. The van der Waals surface area contributed by atoms with Gasteiger partial charge in [-0.2, -0.15) is 110 Å². The largest absolute Gasteiger partial charge is 0.471 e. The molecule has 0 aromatic rings. The molecule has 0 bridgehead atoms. The number of halogens is 26. The van der Waals surface area contributed by atoms with Crippen molar-refractivity contribution in [2.24, 2.45) is 0 Å². The summed E-state index contributed by atoms with van der Waals surface area (Å²) in [6, 6.07) is -8.35. The van der Waals surface area contributed by atoms with Gasteiger partial charge in [0.25, 0.3) is 9.84 Å². The minimum absolute atomic E-state index is 5.08. The second kappa shape index (κ2) is 9.77. The summed E-state index contributed by atoms with van der Waals surface area (Å²) >= 11 is 0. The molecule has 1 N–H and O–H groups in total. The summed E-state index contributed by atoms with van der Waals surface area (Å²) in [4.78, 5) is 0. The molecular formula is C12HF26NO3S. The van der Waals surface area contributed by atoms with E-state index in [9.17, 15) is 123 Å². The van der Waals surface area contributed by atoms with Gasteiger partial charge in [0.1, 0.15) is 0 Å². The summed E-state index contributed by atoms with van der Waals surface area (Å²) in [5.74, 6) is -56.5. The SMILES string of the molecule is O=S(=O)(C(F)(F)C(F)(F)C(F)(F)C(F)(F)C(F)(F)C(F)(F)C(F)(F)C(F)(F)F)C(O)(N(F)C(F)(F)C(F)(F)F)C(F)(F)F. The Hall–Kier alpha value is -1.95. The van der Waals surface area contributed by atoms with E-state index in [1.54, 1.807) is 0 Å². The van der Waals surface area contributed by atoms with Gasteiger partial charge in [-0.3, -0.25) is 0 Å². The summed E-state index contributed by atoms with van der Waals surface area (Å²) in [5.41, 5.74) is 0. The second-order valence-corrected chi connectivity index (χ2v) is 9.48. The Bertz CT molecular complexity index is 1150. The maximum atomic E-state index is 13.9. The molecule has 0 heterocycles. The molecule has 0 amide bonds. The van der Waals surface area contributed by atoms with Gasteiger partial charge in [-0.25, -0.2) is 8.42 Å². The number of sulfone groups is 1. The zero-order valence-electron chi connectivity index (χ0n) is 17.9. The van der Waals surface area contributed by atoms with Crippen LogP contribution in [0, 0.1) is 0 Å². The van der Waals surface area contributed by atoms with Crippen molar-refractivity contribution in [3.8, 4) is 0 Å². The predicted octanol–water partition coefficient (Wildman–Crippen LogP) is 6.92. The first-order valence-corrected chi connectivity index (χ1v) is 10.0. The second-order valence-electron chi connectivity index (χ2n) is 7.39. The molecule has 0 spiro atoms. The van der Waals surface area contributed by atoms with Crippen LogP contribution >= 0.6 is 0 Å². The fourth-order valence-corrected chi connectivity index (χ4v) is 3.62. The molecule has 1 unspecified atom stereocenters. The van der Waals surface area contributed by atoms with Crippen LogP contribution < -0.4 is 0 Å². The van der Waals surface area contributed by atoms with Gasteiger partial charge in [0.15, 0.2) is 0 Å². The lowest BCUT2D eigenvalue weighted by molar-refractivity contribution is -0.459. The molecule has 43 heavy (non-hydrogen) atoms. The lowest BCUT2D eigenvalue weighted by atomic mass is 9.91. The molecule has 0 aromatic heterocycles. The van der Waals surface area contributed by atoms with Gasteiger partial charge in [0.2, 0.25) is 0 Å². The molecule has 0 aliphatic rings. The fraction of sp³-hybridized carbons (Fsp3) is 1.00. The predicted molar refractivity (Wildman–Crippen MR) is 74.6 cm³/mol. The summed E-state index contributed by atoms with van der Waals surface area (Å²) < 4.78 is 361. The van der Waals surface area contributed by atoms with Crippen molar-refractivity contribution < 1.29 is 128 Å². The van der Waals surface area contributed by atoms with Crippen molar-refractivity contribution in [1.82, 2.24) is 5.12 Å². The van der Waals surface area contributed by atoms with E-state index < -0.39 is 85.4 Å². The molecule has 1 atom stereocenters. The van der Waals surface area contributed by atoms with E-state index in [0.717, 1.165) is 0 Å². The summed E-state index contributed by atoms with van der Waals surface area (Å²) in [5, 5.41) is -14.7. The van der Waals surface area contributed by atoms with Crippen LogP contribution in [0.25, 0.3) is 0 Å². The summed E-state index contributed by atoms with van der Waals surface area (Å²) in [6.45, 7) is 0. The Kier molecular flexibility index (Phi) is 9.33. The van der Waals surface area contributed by atoms with E-state index in [1.165, 1.54) is 0 Å². The van der Waals surface area contributed by atoms with Gasteiger partial charge >= 0.3 is 70.4 Å². The monoisotopic (exact) mass is 733 g/mol. The number of hydrogen-bond acceptors (Lipinski definition) is 4. The van der Waals surface area contributed by atoms with Crippen molar-refractivity contribution in [1.29, 1.82) is 0 Å². The highest BCUT2D eigenvalue weighted by atomic mass is 32.2. The zero-order chi connectivity index (χ0) is 36.1. The Morgan fingerprint density at radius 1 is 0.395 bits per heavy atom. The van der Waals surface area contributed by atoms with Crippen molar-refractivity contribution >= 4 is 9.84 Å². The van der Waals surface area contributed by atoms with Crippen molar-refractivity contribution in [3.05, 3.63) is 0 Å². The Balaban J connectivity index is 7.74. The maximum absolute atomic E-state index is 13.9. The lowest BCUT2D eigenvalue weighted by Gasteiger charge is -2.44. The Morgan fingerprint density at radius 3 is 0.884 bits per heavy atom. The molecule has 0 aliphatic carbocycles. The van der Waals surface area contributed by atoms with Gasteiger partial charge in [0, 0.05) is 0 Å². The molecule has 0 aliphatic heterocycles. The minimum atomic E-state index is -10.4. The number of rotatable bonds is 10. The third-order valence-electron chi connectivity index (χ3n) is 4.63. The number of nitrogens with zero attached hydrogens (tertiary/aromatic N) is 1. The molecular weight excluding hydrogens is 732 g/mol. The van der Waals surface area contributed by atoms with Crippen LogP contribution in [0.4, 0.5) is 114 Å². The quantitative estimate of drug-likeness (QED) is 0.115. The van der Waals surface area contributed by atoms with Gasteiger partial charge in [-0.1, -0.05) is 0 Å². The summed E-state index contributed by atoms with van der Waals surface area (Å²) in [7, 11) is -10.4. The van der Waals surface area contributed by atoms with E-state index in [4.69, 9.17) is 5.11 Å². The minimum Gasteiger partial charge on any atom is -0.354 e. The van der Waals surface area contributed by atoms with Gasteiger partial charge in [-0.15, -0.1) is 4.48 Å². The van der Waals surface area contributed by atoms with E-state index in [1.807, 2.05) is 0 Å². The number of hydrogen-bond donors (Lipinski definition) is 1. The zero-order valence-corrected chi connectivity index (χ0v) is 18.8. The molecule has 0 aromatic carbocycles. The Morgan fingerprint density at radius 2 is 0.651 bits per heavy atom. The Labute approximate surface area is 214 Å². The molecule has 0 radical (unpaired) electrons. The van der Waals surface area contributed by atoms with Crippen LogP contribution in [0.1, 0.15) is 0 Å². The topological polar surface area (TPSA) is 57.6 Å². The molecule has 0 saturated heterocycles. The number of alkyl halides is 25. The fourth-order valence-electron chi connectivity index (χ4n) is 2.17. The first-order valence-electron chi connectivity index (χ1n) is 8.56. The third kappa shape index (κ3) is 4.88. The highest BCUT2D eigenvalue weighted by Gasteiger charge is 2.98. The van der Waals surface area contributed by atoms with E-state index >= 15 is 0 Å². The van der Waals surface area contributed by atoms with Crippen LogP contribution in [-0.4, -0.2) is 89.1 Å². The molecule has 260 valence electrons. The van der Waals surface area contributed by atoms with Crippen molar-refractivity contribution in [3.63, 3.8) is 0 Å². The van der Waals surface area contributed by atoms with E-state index in [2.05, 4.69) is 0 Å². The number of aliphatic hydroxyl groups is 1. The molecule has 0 rings (SSSR count). The van der Waals surface area contributed by atoms with Crippen LogP contribution in [0.5, 0.6) is 0 Å². The van der Waals surface area contributed by atoms with Crippen LogP contribution in [-0.2, 0) is 9.84 Å². The molecule has 4 nitrogen and oxygen atoms in total. The summed E-state index contributed by atoms with van der Waals surface area (Å²) in [6.07, 6.45) is -24.9. The van der Waals surface area contributed by atoms with E-state index in [-0.39, 0.29) is 0 Å². The average Bonchev–Trinajstić information content (AvgIpc) is 2.74. The van der Waals surface area contributed by atoms with Crippen LogP contribution in [0.3, 0.4) is 0 Å². The van der Waals surface area contributed by atoms with Gasteiger partial charge in [0.05, 0.1) is 0 Å². The normalized spacial score (nSPS) is 18.2. The average molecular weight is 733 g/mol. The first-order chi connectivity index (χ1) is 17.9. The first kappa shape index (κ1) is 41.0. The van der Waals surface area contributed by atoms with E-state index in [0.29, 0.717) is 0 Å². The highest BCUT2D eigenvalue weighted by molar-refractivity contribution is 7.93. The van der Waals surface area contributed by atoms with Crippen molar-refractivity contribution in [2.45, 2.75) is 70.4 Å². The third-order valence-corrected chi connectivity index (χ3v) is 6.70. The standard InChI is InChI=1S/C12HF26NO3S/c13-1(14,3(17,18)5(21,22)7(25,26)27)2(15,16)4(19,20)6(23,24)11(36,37)43(41,42)12(40,9(31,32)33)39(38)10(34,35)8(28,29)30/h40H. The van der Waals surface area contributed by atoms with Crippen LogP contribution in [0.2, 0.25) is 0 Å². The highest BCUT2D eigenvalue weighted by Crippen LogP contribution is 2.65. The molecule has 0 saturated carbocycles. The molecule has 31 heteroatoms. The van der Waals surface area contributed by atoms with Gasteiger partial charge < -0.3 is 5.11 Å². The van der Waals surface area contributed by atoms with Gasteiger partial charge in [-0.05, 0) is 5.12 Å².